The van der Waals surface area contributed by atoms with E-state index in [1.54, 1.807) is 7.05 Å². The molecule has 1 fully saturated rings. The third-order valence-corrected chi connectivity index (χ3v) is 4.71. The topological polar surface area (TPSA) is 73.1 Å². The molecule has 1 atom stereocenters. The second-order valence-electron chi connectivity index (χ2n) is 6.91. The molecule has 1 heterocycles. The van der Waals surface area contributed by atoms with Crippen LogP contribution in [0.4, 0.5) is 0 Å². The van der Waals surface area contributed by atoms with Gasteiger partial charge < -0.3 is 9.88 Å². The summed E-state index contributed by atoms with van der Waals surface area (Å²) in [6, 6.07) is 8.16. The molecule has 6 heteroatoms. The van der Waals surface area contributed by atoms with Gasteiger partial charge >= 0.3 is 5.69 Å². The van der Waals surface area contributed by atoms with E-state index >= 15 is 0 Å². The van der Waals surface area contributed by atoms with Crippen LogP contribution in [0.1, 0.15) is 35.6 Å². The Morgan fingerprint density at radius 1 is 1.19 bits per heavy atom. The number of amides is 1. The van der Waals surface area contributed by atoms with E-state index in [1.807, 2.05) is 31.2 Å². The van der Waals surface area contributed by atoms with E-state index in [4.69, 9.17) is 0 Å². The number of nitrogens with one attached hydrogen (secondary N) is 1. The summed E-state index contributed by atoms with van der Waals surface area (Å²) >= 11 is 0. The van der Waals surface area contributed by atoms with E-state index in [-0.39, 0.29) is 11.9 Å². The molecule has 1 aliphatic carbocycles. The summed E-state index contributed by atoms with van der Waals surface area (Å²) in [6.07, 6.45) is 6.45. The molecule has 0 saturated heterocycles. The van der Waals surface area contributed by atoms with Crippen LogP contribution in [0.15, 0.2) is 46.1 Å². The van der Waals surface area contributed by atoms with Gasteiger partial charge in [-0.3, -0.25) is 14.2 Å². The maximum Gasteiger partial charge on any atom is 0.330 e. The van der Waals surface area contributed by atoms with Gasteiger partial charge in [0.05, 0.1) is 11.6 Å². The third kappa shape index (κ3) is 3.85. The molecule has 1 aliphatic rings. The van der Waals surface area contributed by atoms with Crippen molar-refractivity contribution in [2.24, 2.45) is 20.0 Å². The van der Waals surface area contributed by atoms with Crippen LogP contribution >= 0.6 is 0 Å². The van der Waals surface area contributed by atoms with E-state index in [9.17, 15) is 14.4 Å². The van der Waals surface area contributed by atoms with E-state index in [2.05, 4.69) is 5.32 Å². The first-order valence-corrected chi connectivity index (χ1v) is 8.68. The van der Waals surface area contributed by atoms with Crippen molar-refractivity contribution in [3.05, 3.63) is 74.1 Å². The lowest BCUT2D eigenvalue weighted by Gasteiger charge is -2.18. The maximum atomic E-state index is 12.4. The molecule has 3 rings (SSSR count). The molecule has 0 aliphatic heterocycles. The Morgan fingerprint density at radius 2 is 1.85 bits per heavy atom. The molecule has 0 radical (unpaired) electrons. The van der Waals surface area contributed by atoms with E-state index < -0.39 is 11.2 Å². The fourth-order valence-corrected chi connectivity index (χ4v) is 2.99. The lowest BCUT2D eigenvalue weighted by Crippen LogP contribution is -2.37. The number of carbonyl (C=O) groups excluding carboxylic acids is 1. The third-order valence-electron chi connectivity index (χ3n) is 4.71. The highest BCUT2D eigenvalue weighted by Gasteiger charge is 2.33. The van der Waals surface area contributed by atoms with Crippen LogP contribution in [-0.4, -0.2) is 15.0 Å². The van der Waals surface area contributed by atoms with Crippen LogP contribution < -0.4 is 16.6 Å². The molecule has 0 spiro atoms. The number of nitrogens with zero attached hydrogens (tertiary/aromatic N) is 2. The lowest BCUT2D eigenvalue weighted by molar-refractivity contribution is -0.117. The van der Waals surface area contributed by atoms with Gasteiger partial charge in [-0.15, -0.1) is 0 Å². The van der Waals surface area contributed by atoms with E-state index in [0.717, 1.165) is 23.0 Å². The van der Waals surface area contributed by atoms with Gasteiger partial charge in [0.25, 0.3) is 5.56 Å². The van der Waals surface area contributed by atoms with Crippen LogP contribution in [0.25, 0.3) is 6.08 Å². The van der Waals surface area contributed by atoms with Gasteiger partial charge in [0.15, 0.2) is 0 Å². The Bertz CT molecular complexity index is 963. The van der Waals surface area contributed by atoms with Gasteiger partial charge in [-0.1, -0.05) is 29.8 Å². The fraction of sp³-hybridized carbons (Fsp3) is 0.350. The van der Waals surface area contributed by atoms with Crippen molar-refractivity contribution >= 4 is 12.0 Å². The van der Waals surface area contributed by atoms with Crippen LogP contribution in [0.3, 0.4) is 0 Å². The molecule has 0 unspecified atom stereocenters. The zero-order valence-corrected chi connectivity index (χ0v) is 15.2. The van der Waals surface area contributed by atoms with Gasteiger partial charge in [-0.05, 0) is 37.3 Å². The Labute approximate surface area is 151 Å². The summed E-state index contributed by atoms with van der Waals surface area (Å²) in [5.41, 5.74) is 1.75. The Morgan fingerprint density at radius 3 is 2.46 bits per heavy atom. The molecule has 2 aromatic rings. The molecule has 1 aromatic carbocycles. The molecule has 26 heavy (non-hydrogen) atoms. The average Bonchev–Trinajstić information content (AvgIpc) is 3.45. The zero-order valence-electron chi connectivity index (χ0n) is 15.2. The van der Waals surface area contributed by atoms with Crippen molar-refractivity contribution in [2.45, 2.75) is 25.8 Å². The van der Waals surface area contributed by atoms with Gasteiger partial charge in [0, 0.05) is 26.4 Å². The molecule has 1 N–H and O–H groups in total. The number of carbonyl (C=O) groups is 1. The number of rotatable bonds is 5. The summed E-state index contributed by atoms with van der Waals surface area (Å²) in [4.78, 5) is 36.2. The van der Waals surface area contributed by atoms with Crippen molar-refractivity contribution in [2.75, 3.05) is 0 Å². The van der Waals surface area contributed by atoms with Crippen molar-refractivity contribution in [3.63, 3.8) is 0 Å². The minimum absolute atomic E-state index is 0.0179. The number of aromatic nitrogens is 2. The molecule has 1 aromatic heterocycles. The number of benzene rings is 1. The molecule has 136 valence electrons. The SMILES string of the molecule is Cc1ccc([C@H](NC(=O)/C=C\c2cn(C)c(=O)n(C)c2=O)C2CC2)cc1. The highest BCUT2D eigenvalue weighted by atomic mass is 16.2. The molecule has 0 bridgehead atoms. The summed E-state index contributed by atoms with van der Waals surface area (Å²) in [6.45, 7) is 2.03. The number of hydrogen-bond donors (Lipinski definition) is 1. The summed E-state index contributed by atoms with van der Waals surface area (Å²) in [7, 11) is 2.99. The van der Waals surface area contributed by atoms with Crippen LogP contribution in [-0.2, 0) is 18.9 Å². The van der Waals surface area contributed by atoms with Crippen molar-refractivity contribution in [3.8, 4) is 0 Å². The highest BCUT2D eigenvalue weighted by Crippen LogP contribution is 2.41. The van der Waals surface area contributed by atoms with Crippen LogP contribution in [0.2, 0.25) is 0 Å². The predicted octanol–water partition coefficient (Wildman–Crippen LogP) is 1.67. The quantitative estimate of drug-likeness (QED) is 0.831. The second kappa shape index (κ2) is 7.15. The minimum atomic E-state index is -0.422. The fourth-order valence-electron chi connectivity index (χ4n) is 2.99. The van der Waals surface area contributed by atoms with Crippen molar-refractivity contribution < 1.29 is 4.79 Å². The molecule has 1 saturated carbocycles. The lowest BCUT2D eigenvalue weighted by atomic mass is 10.0. The maximum absolute atomic E-state index is 12.4. The smallest absolute Gasteiger partial charge is 0.330 e. The minimum Gasteiger partial charge on any atom is -0.345 e. The van der Waals surface area contributed by atoms with Gasteiger partial charge in [-0.2, -0.15) is 0 Å². The van der Waals surface area contributed by atoms with Crippen LogP contribution in [0, 0.1) is 12.8 Å². The second-order valence-corrected chi connectivity index (χ2v) is 6.91. The van der Waals surface area contributed by atoms with E-state index in [1.165, 1.54) is 35.5 Å². The standard InChI is InChI=1S/C20H23N3O3/c1-13-4-6-14(7-5-13)18(15-8-9-15)21-17(24)11-10-16-12-22(2)20(26)23(3)19(16)25/h4-7,10-12,15,18H,8-9H2,1-3H3,(H,21,24)/b11-10-/t18-/m0/s1. The zero-order chi connectivity index (χ0) is 18.8. The summed E-state index contributed by atoms with van der Waals surface area (Å²) < 4.78 is 2.34. The number of aryl methyl sites for hydroxylation is 2. The van der Waals surface area contributed by atoms with Crippen LogP contribution in [0.5, 0.6) is 0 Å². The molecule has 1 amide bonds. The van der Waals surface area contributed by atoms with Gasteiger partial charge in [0.2, 0.25) is 5.91 Å². The van der Waals surface area contributed by atoms with Gasteiger partial charge in [-0.25, -0.2) is 4.79 Å². The number of hydrogen-bond acceptors (Lipinski definition) is 3. The monoisotopic (exact) mass is 353 g/mol. The van der Waals surface area contributed by atoms with E-state index in [0.29, 0.717) is 11.5 Å². The Hall–Kier alpha value is -2.89. The first-order valence-electron chi connectivity index (χ1n) is 8.68. The summed E-state index contributed by atoms with van der Waals surface area (Å²) in [5, 5.41) is 3.04. The normalized spacial score (nSPS) is 15.2. The molecular formula is C20H23N3O3. The van der Waals surface area contributed by atoms with Crippen molar-refractivity contribution in [1.82, 2.24) is 14.5 Å². The van der Waals surface area contributed by atoms with Crippen molar-refractivity contribution in [1.29, 1.82) is 0 Å². The van der Waals surface area contributed by atoms with Gasteiger partial charge in [0.1, 0.15) is 0 Å². The highest BCUT2D eigenvalue weighted by molar-refractivity contribution is 5.91. The summed E-state index contributed by atoms with van der Waals surface area (Å²) in [5.74, 6) is 0.207. The molecular weight excluding hydrogens is 330 g/mol. The Kier molecular flexibility index (Phi) is 4.93. The predicted molar refractivity (Wildman–Crippen MR) is 101 cm³/mol. The average molecular weight is 353 g/mol. The molecule has 6 nitrogen and oxygen atoms in total. The first kappa shape index (κ1) is 17.9. The largest absolute Gasteiger partial charge is 0.345 e. The first-order chi connectivity index (χ1) is 12.4. The Balaban J connectivity index is 1.77.